The van der Waals surface area contributed by atoms with Crippen LogP contribution in [0.1, 0.15) is 4.88 Å². The van der Waals surface area contributed by atoms with Crippen LogP contribution >= 0.6 is 11.3 Å². The highest BCUT2D eigenvalue weighted by Crippen LogP contribution is 2.25. The standard InChI is InChI=1S/C11H12O3S2/c1-16(12,13)14-7-6-10-8-9-4-2-3-5-11(9)15-10/h2-5,8H,6-7H2,1H3. The third-order valence-electron chi connectivity index (χ3n) is 2.12. The molecule has 0 aliphatic carbocycles. The lowest BCUT2D eigenvalue weighted by Gasteiger charge is -1.98. The van der Waals surface area contributed by atoms with Gasteiger partial charge in [-0.05, 0) is 17.5 Å². The van der Waals surface area contributed by atoms with Gasteiger partial charge in [0.25, 0.3) is 10.1 Å². The van der Waals surface area contributed by atoms with Crippen molar-refractivity contribution in [2.24, 2.45) is 0 Å². The second-order valence-corrected chi connectivity index (χ2v) is 6.34. The van der Waals surface area contributed by atoms with E-state index < -0.39 is 10.1 Å². The number of hydrogen-bond donors (Lipinski definition) is 0. The summed E-state index contributed by atoms with van der Waals surface area (Å²) in [5.74, 6) is 0. The van der Waals surface area contributed by atoms with E-state index in [0.717, 1.165) is 11.1 Å². The average Bonchev–Trinajstić information content (AvgIpc) is 2.57. The zero-order valence-corrected chi connectivity index (χ0v) is 10.5. The van der Waals surface area contributed by atoms with E-state index in [1.165, 1.54) is 10.1 Å². The summed E-state index contributed by atoms with van der Waals surface area (Å²) < 4.78 is 27.5. The molecule has 3 nitrogen and oxygen atoms in total. The van der Waals surface area contributed by atoms with Crippen molar-refractivity contribution >= 4 is 31.5 Å². The van der Waals surface area contributed by atoms with Crippen molar-refractivity contribution in [1.29, 1.82) is 0 Å². The quantitative estimate of drug-likeness (QED) is 0.789. The van der Waals surface area contributed by atoms with E-state index in [1.807, 2.05) is 18.2 Å². The fourth-order valence-corrected chi connectivity index (χ4v) is 2.88. The topological polar surface area (TPSA) is 43.4 Å². The maximum absolute atomic E-state index is 10.8. The Morgan fingerprint density at radius 3 is 2.75 bits per heavy atom. The van der Waals surface area contributed by atoms with Crippen molar-refractivity contribution < 1.29 is 12.6 Å². The van der Waals surface area contributed by atoms with Gasteiger partial charge in [-0.3, -0.25) is 4.18 Å². The lowest BCUT2D eigenvalue weighted by atomic mass is 10.2. The van der Waals surface area contributed by atoms with Crippen LogP contribution in [0.2, 0.25) is 0 Å². The van der Waals surface area contributed by atoms with Gasteiger partial charge in [-0.25, -0.2) is 0 Å². The van der Waals surface area contributed by atoms with Crippen LogP contribution in [-0.4, -0.2) is 21.3 Å². The second kappa shape index (κ2) is 4.53. The van der Waals surface area contributed by atoms with Crippen LogP contribution in [0.15, 0.2) is 30.3 Å². The van der Waals surface area contributed by atoms with E-state index >= 15 is 0 Å². The number of fused-ring (bicyclic) bond motifs is 1. The van der Waals surface area contributed by atoms with Crippen LogP contribution in [0, 0.1) is 0 Å². The fraction of sp³-hybridized carbons (Fsp3) is 0.273. The highest BCUT2D eigenvalue weighted by molar-refractivity contribution is 7.85. The van der Waals surface area contributed by atoms with Gasteiger partial charge < -0.3 is 0 Å². The van der Waals surface area contributed by atoms with Crippen molar-refractivity contribution in [3.63, 3.8) is 0 Å². The lowest BCUT2D eigenvalue weighted by Crippen LogP contribution is -2.05. The zero-order valence-electron chi connectivity index (χ0n) is 8.84. The first-order valence-corrected chi connectivity index (χ1v) is 7.50. The Kier molecular flexibility index (Phi) is 3.28. The van der Waals surface area contributed by atoms with E-state index in [4.69, 9.17) is 4.18 Å². The van der Waals surface area contributed by atoms with Crippen LogP contribution in [0.5, 0.6) is 0 Å². The molecule has 0 unspecified atom stereocenters. The molecule has 1 aromatic heterocycles. The molecule has 86 valence electrons. The predicted molar refractivity (Wildman–Crippen MR) is 66.3 cm³/mol. The minimum Gasteiger partial charge on any atom is -0.270 e. The van der Waals surface area contributed by atoms with Crippen LogP contribution in [0.3, 0.4) is 0 Å². The van der Waals surface area contributed by atoms with Gasteiger partial charge in [0.15, 0.2) is 0 Å². The van der Waals surface area contributed by atoms with Crippen molar-refractivity contribution in [2.45, 2.75) is 6.42 Å². The fourth-order valence-electron chi connectivity index (χ4n) is 1.45. The molecule has 0 bridgehead atoms. The summed E-state index contributed by atoms with van der Waals surface area (Å²) >= 11 is 1.67. The van der Waals surface area contributed by atoms with Crippen LogP contribution in [-0.2, 0) is 20.7 Å². The molecule has 0 spiro atoms. The van der Waals surface area contributed by atoms with E-state index in [-0.39, 0.29) is 6.61 Å². The Balaban J connectivity index is 2.05. The molecule has 0 saturated carbocycles. The highest BCUT2D eigenvalue weighted by Gasteiger charge is 2.04. The Labute approximate surface area is 98.8 Å². The average molecular weight is 256 g/mol. The molecule has 1 aromatic carbocycles. The van der Waals surface area contributed by atoms with Gasteiger partial charge in [-0.15, -0.1) is 11.3 Å². The molecule has 2 aromatic rings. The Hall–Kier alpha value is -0.910. The first kappa shape index (κ1) is 11.6. The Bertz CT molecular complexity index is 551. The van der Waals surface area contributed by atoms with E-state index in [0.29, 0.717) is 6.42 Å². The summed E-state index contributed by atoms with van der Waals surface area (Å²) in [6, 6.07) is 10.2. The van der Waals surface area contributed by atoms with Crippen molar-refractivity contribution in [1.82, 2.24) is 0 Å². The van der Waals surface area contributed by atoms with Gasteiger partial charge in [0.2, 0.25) is 0 Å². The molecule has 0 saturated heterocycles. The Morgan fingerprint density at radius 2 is 2.06 bits per heavy atom. The predicted octanol–water partition coefficient (Wildman–Crippen LogP) is 2.42. The maximum atomic E-state index is 10.8. The molecule has 2 rings (SSSR count). The summed E-state index contributed by atoms with van der Waals surface area (Å²) in [5, 5.41) is 1.20. The number of benzene rings is 1. The molecule has 16 heavy (non-hydrogen) atoms. The molecule has 0 fully saturated rings. The van der Waals surface area contributed by atoms with E-state index in [2.05, 4.69) is 12.1 Å². The molecule has 0 radical (unpaired) electrons. The summed E-state index contributed by atoms with van der Waals surface area (Å²) in [6.07, 6.45) is 1.70. The SMILES string of the molecule is CS(=O)(=O)OCCc1cc2ccccc2s1. The highest BCUT2D eigenvalue weighted by atomic mass is 32.2. The molecule has 0 atom stereocenters. The molecule has 1 heterocycles. The molecule has 0 amide bonds. The van der Waals surface area contributed by atoms with Gasteiger partial charge in [0, 0.05) is 16.0 Å². The molecular weight excluding hydrogens is 244 g/mol. The third kappa shape index (κ3) is 3.04. The molecule has 0 aliphatic rings. The largest absolute Gasteiger partial charge is 0.270 e. The number of hydrogen-bond acceptors (Lipinski definition) is 4. The van der Waals surface area contributed by atoms with Crippen LogP contribution < -0.4 is 0 Å². The zero-order chi connectivity index (χ0) is 11.6. The molecule has 5 heteroatoms. The number of thiophene rings is 1. The first-order valence-electron chi connectivity index (χ1n) is 4.86. The Morgan fingerprint density at radius 1 is 1.31 bits per heavy atom. The van der Waals surface area contributed by atoms with Gasteiger partial charge in [-0.1, -0.05) is 18.2 Å². The van der Waals surface area contributed by atoms with Crippen LogP contribution in [0.25, 0.3) is 10.1 Å². The van der Waals surface area contributed by atoms with Gasteiger partial charge >= 0.3 is 0 Å². The second-order valence-electron chi connectivity index (χ2n) is 3.53. The summed E-state index contributed by atoms with van der Waals surface area (Å²) in [4.78, 5) is 1.14. The minimum atomic E-state index is -3.32. The summed E-state index contributed by atoms with van der Waals surface area (Å²) in [5.41, 5.74) is 0. The smallest absolute Gasteiger partial charge is 0.264 e. The molecule has 0 aliphatic heterocycles. The lowest BCUT2D eigenvalue weighted by molar-refractivity contribution is 0.327. The van der Waals surface area contributed by atoms with Crippen LogP contribution in [0.4, 0.5) is 0 Å². The normalized spacial score (nSPS) is 12.1. The summed E-state index contributed by atoms with van der Waals surface area (Å²) in [7, 11) is -3.32. The van der Waals surface area contributed by atoms with Crippen molar-refractivity contribution in [3.8, 4) is 0 Å². The minimum absolute atomic E-state index is 0.214. The van der Waals surface area contributed by atoms with E-state index in [1.54, 1.807) is 11.3 Å². The van der Waals surface area contributed by atoms with Crippen molar-refractivity contribution in [3.05, 3.63) is 35.2 Å². The van der Waals surface area contributed by atoms with Gasteiger partial charge in [-0.2, -0.15) is 8.42 Å². The molecular formula is C11H12O3S2. The molecule has 0 N–H and O–H groups in total. The van der Waals surface area contributed by atoms with Gasteiger partial charge in [0.1, 0.15) is 0 Å². The van der Waals surface area contributed by atoms with Crippen molar-refractivity contribution in [2.75, 3.05) is 12.9 Å². The summed E-state index contributed by atoms with van der Waals surface area (Å²) in [6.45, 7) is 0.214. The van der Waals surface area contributed by atoms with E-state index in [9.17, 15) is 8.42 Å². The maximum Gasteiger partial charge on any atom is 0.264 e. The number of rotatable bonds is 4. The van der Waals surface area contributed by atoms with Gasteiger partial charge in [0.05, 0.1) is 12.9 Å². The third-order valence-corrected chi connectivity index (χ3v) is 3.89. The monoisotopic (exact) mass is 256 g/mol. The first-order chi connectivity index (χ1) is 7.54.